The lowest BCUT2D eigenvalue weighted by atomic mass is 9.98. The first-order chi connectivity index (χ1) is 6.26. The Morgan fingerprint density at radius 1 is 1.62 bits per heavy atom. The molecule has 0 amide bonds. The summed E-state index contributed by atoms with van der Waals surface area (Å²) in [5.74, 6) is 0.220. The summed E-state index contributed by atoms with van der Waals surface area (Å²) < 4.78 is 10.8. The van der Waals surface area contributed by atoms with E-state index in [1.165, 1.54) is 18.9 Å². The third-order valence-electron chi connectivity index (χ3n) is 3.55. The van der Waals surface area contributed by atoms with Crippen molar-refractivity contribution in [1.82, 2.24) is 0 Å². The van der Waals surface area contributed by atoms with Gasteiger partial charge in [-0.05, 0) is 25.2 Å². The maximum absolute atomic E-state index is 11.1. The number of carbonyl (C=O) groups is 1. The zero-order chi connectivity index (χ0) is 9.05. The molecule has 3 heteroatoms. The van der Waals surface area contributed by atoms with E-state index < -0.39 is 5.79 Å². The van der Waals surface area contributed by atoms with Crippen molar-refractivity contribution in [2.75, 3.05) is 0 Å². The van der Waals surface area contributed by atoms with Gasteiger partial charge in [-0.15, -0.1) is 0 Å². The van der Waals surface area contributed by atoms with Crippen LogP contribution in [0.3, 0.4) is 0 Å². The molecule has 2 saturated carbocycles. The topological polar surface area (TPSA) is 38.8 Å². The predicted octanol–water partition coefficient (Wildman–Crippen LogP) is 1.24. The lowest BCUT2D eigenvalue weighted by Gasteiger charge is -2.17. The van der Waals surface area contributed by atoms with Gasteiger partial charge in [0.25, 0.3) is 0 Å². The lowest BCUT2D eigenvalue weighted by molar-refractivity contribution is -0.158. The fourth-order valence-corrected chi connectivity index (χ4v) is 2.94. The number of hydrogen-bond donors (Lipinski definition) is 0. The molecule has 1 saturated heterocycles. The van der Waals surface area contributed by atoms with E-state index in [4.69, 9.17) is 9.47 Å². The van der Waals surface area contributed by atoms with Crippen LogP contribution in [0.15, 0.2) is 12.7 Å². The lowest BCUT2D eigenvalue weighted by Crippen LogP contribution is -2.29. The van der Waals surface area contributed by atoms with E-state index in [0.717, 1.165) is 6.42 Å². The molecular weight excluding hydrogens is 168 g/mol. The highest BCUT2D eigenvalue weighted by atomic mass is 16.8. The number of epoxide rings is 1. The molecule has 0 N–H and O–H groups in total. The number of hydrogen-bond acceptors (Lipinski definition) is 3. The molecule has 1 heterocycles. The Morgan fingerprint density at radius 2 is 2.46 bits per heavy atom. The molecule has 2 aliphatic carbocycles. The second-order valence-corrected chi connectivity index (χ2v) is 4.16. The molecule has 70 valence electrons. The highest BCUT2D eigenvalue weighted by Gasteiger charge is 2.75. The quantitative estimate of drug-likeness (QED) is 0.364. The molecule has 4 atom stereocenters. The van der Waals surface area contributed by atoms with Gasteiger partial charge in [0.05, 0.1) is 0 Å². The molecule has 3 fully saturated rings. The van der Waals surface area contributed by atoms with Gasteiger partial charge in [0.15, 0.2) is 0 Å². The van der Waals surface area contributed by atoms with Crippen molar-refractivity contribution in [2.45, 2.75) is 31.2 Å². The third-order valence-corrected chi connectivity index (χ3v) is 3.55. The van der Waals surface area contributed by atoms with Gasteiger partial charge in [-0.1, -0.05) is 6.58 Å². The first-order valence-electron chi connectivity index (χ1n) is 4.79. The summed E-state index contributed by atoms with van der Waals surface area (Å²) in [6.07, 6.45) is 4.97. The summed E-state index contributed by atoms with van der Waals surface area (Å²) in [6, 6.07) is 0. The van der Waals surface area contributed by atoms with Gasteiger partial charge in [0.1, 0.15) is 6.10 Å². The van der Waals surface area contributed by atoms with Crippen molar-refractivity contribution in [3.63, 3.8) is 0 Å². The average molecular weight is 180 g/mol. The minimum absolute atomic E-state index is 0.204. The van der Waals surface area contributed by atoms with E-state index in [1.54, 1.807) is 0 Å². The normalized spacial score (nSPS) is 50.0. The van der Waals surface area contributed by atoms with Gasteiger partial charge in [-0.3, -0.25) is 0 Å². The molecule has 0 aromatic carbocycles. The Balaban J connectivity index is 1.79. The molecule has 0 radical (unpaired) electrons. The van der Waals surface area contributed by atoms with E-state index in [-0.39, 0.29) is 12.1 Å². The van der Waals surface area contributed by atoms with Crippen molar-refractivity contribution in [1.29, 1.82) is 0 Å². The molecule has 4 unspecified atom stereocenters. The number of esters is 1. The van der Waals surface area contributed by atoms with Gasteiger partial charge in [-0.25, -0.2) is 4.79 Å². The smallest absolute Gasteiger partial charge is 0.332 e. The van der Waals surface area contributed by atoms with E-state index >= 15 is 0 Å². The Labute approximate surface area is 76.7 Å². The molecule has 3 nitrogen and oxygen atoms in total. The van der Waals surface area contributed by atoms with Crippen molar-refractivity contribution in [2.24, 2.45) is 11.8 Å². The fraction of sp³-hybridized carbons (Fsp3) is 0.700. The summed E-state index contributed by atoms with van der Waals surface area (Å²) in [6.45, 7) is 3.38. The van der Waals surface area contributed by atoms with Gasteiger partial charge >= 0.3 is 5.97 Å². The first-order valence-corrected chi connectivity index (χ1v) is 4.79. The molecule has 2 bridgehead atoms. The molecular formula is C10H12O3. The van der Waals surface area contributed by atoms with Gasteiger partial charge in [0.2, 0.25) is 5.79 Å². The van der Waals surface area contributed by atoms with E-state index in [0.29, 0.717) is 11.8 Å². The standard InChI is InChI=1S/C10H12O3/c1-2-8(11)12-10-7-4-3-6(5-7)9(10)13-10/h2,6-7,9H,1,3-5H2. The summed E-state index contributed by atoms with van der Waals surface area (Å²) in [5, 5.41) is 0. The fourth-order valence-electron chi connectivity index (χ4n) is 2.94. The van der Waals surface area contributed by atoms with Crippen LogP contribution in [-0.4, -0.2) is 17.9 Å². The van der Waals surface area contributed by atoms with Crippen LogP contribution in [0.5, 0.6) is 0 Å². The van der Waals surface area contributed by atoms with Gasteiger partial charge in [0, 0.05) is 12.0 Å². The second kappa shape index (κ2) is 2.15. The third kappa shape index (κ3) is 0.804. The van der Waals surface area contributed by atoms with E-state index in [1.807, 2.05) is 0 Å². The maximum atomic E-state index is 11.1. The molecule has 3 rings (SSSR count). The number of carbonyl (C=O) groups excluding carboxylic acids is 1. The highest BCUT2D eigenvalue weighted by molar-refractivity contribution is 5.81. The Bertz CT molecular complexity index is 286. The molecule has 0 aromatic rings. The summed E-state index contributed by atoms with van der Waals surface area (Å²) >= 11 is 0. The Hall–Kier alpha value is -0.830. The van der Waals surface area contributed by atoms with Crippen LogP contribution in [0, 0.1) is 11.8 Å². The van der Waals surface area contributed by atoms with E-state index in [2.05, 4.69) is 6.58 Å². The molecule has 1 aliphatic heterocycles. The highest BCUT2D eigenvalue weighted by Crippen LogP contribution is 2.64. The zero-order valence-corrected chi connectivity index (χ0v) is 7.36. The minimum Gasteiger partial charge on any atom is -0.427 e. The van der Waals surface area contributed by atoms with Crippen LogP contribution in [0.4, 0.5) is 0 Å². The van der Waals surface area contributed by atoms with Crippen molar-refractivity contribution >= 4 is 5.97 Å². The largest absolute Gasteiger partial charge is 0.427 e. The van der Waals surface area contributed by atoms with Gasteiger partial charge in [-0.2, -0.15) is 0 Å². The summed E-state index contributed by atoms with van der Waals surface area (Å²) in [4.78, 5) is 11.1. The SMILES string of the molecule is C=CC(=O)OC12OC1C1CCC2C1. The van der Waals surface area contributed by atoms with Crippen LogP contribution in [-0.2, 0) is 14.3 Å². The summed E-state index contributed by atoms with van der Waals surface area (Å²) in [5.41, 5.74) is 0. The predicted molar refractivity (Wildman–Crippen MR) is 44.7 cm³/mol. The Kier molecular flexibility index (Phi) is 1.25. The second-order valence-electron chi connectivity index (χ2n) is 4.16. The Morgan fingerprint density at radius 3 is 3.08 bits per heavy atom. The molecule has 0 aromatic heterocycles. The van der Waals surface area contributed by atoms with Crippen LogP contribution in [0.1, 0.15) is 19.3 Å². The zero-order valence-electron chi connectivity index (χ0n) is 7.36. The van der Waals surface area contributed by atoms with Crippen molar-refractivity contribution < 1.29 is 14.3 Å². The minimum atomic E-state index is -0.520. The number of ether oxygens (including phenoxy) is 2. The van der Waals surface area contributed by atoms with Crippen LogP contribution < -0.4 is 0 Å². The number of fused-ring (bicyclic) bond motifs is 5. The van der Waals surface area contributed by atoms with Crippen LogP contribution >= 0.6 is 0 Å². The first kappa shape index (κ1) is 7.56. The average Bonchev–Trinajstić information content (AvgIpc) is 2.57. The molecule has 3 aliphatic rings. The van der Waals surface area contributed by atoms with Crippen molar-refractivity contribution in [3.8, 4) is 0 Å². The monoisotopic (exact) mass is 180 g/mol. The van der Waals surface area contributed by atoms with E-state index in [9.17, 15) is 4.79 Å². The molecule has 13 heavy (non-hydrogen) atoms. The number of rotatable bonds is 2. The molecule has 0 spiro atoms. The van der Waals surface area contributed by atoms with Gasteiger partial charge < -0.3 is 9.47 Å². The van der Waals surface area contributed by atoms with Crippen LogP contribution in [0.2, 0.25) is 0 Å². The van der Waals surface area contributed by atoms with Crippen molar-refractivity contribution in [3.05, 3.63) is 12.7 Å². The maximum Gasteiger partial charge on any atom is 0.332 e. The summed E-state index contributed by atoms with van der Waals surface area (Å²) in [7, 11) is 0. The van der Waals surface area contributed by atoms with Crippen LogP contribution in [0.25, 0.3) is 0 Å².